The summed E-state index contributed by atoms with van der Waals surface area (Å²) in [5.74, 6) is 0.591. The number of ether oxygens (including phenoxy) is 1. The SMILES string of the molecule is Cc1cc(C(C)C)cc(C)c1COCBr. The van der Waals surface area contributed by atoms with Gasteiger partial charge in [-0.1, -0.05) is 41.9 Å². The smallest absolute Gasteiger partial charge is 0.102 e. The first-order valence-corrected chi connectivity index (χ1v) is 6.42. The topological polar surface area (TPSA) is 9.23 Å². The molecule has 1 rings (SSSR count). The molecule has 0 radical (unpaired) electrons. The molecule has 15 heavy (non-hydrogen) atoms. The molecule has 0 saturated heterocycles. The van der Waals surface area contributed by atoms with Crippen LogP contribution in [-0.2, 0) is 11.3 Å². The molecule has 2 heteroatoms. The van der Waals surface area contributed by atoms with Gasteiger partial charge < -0.3 is 4.74 Å². The Morgan fingerprint density at radius 1 is 1.20 bits per heavy atom. The lowest BCUT2D eigenvalue weighted by molar-refractivity contribution is 0.171. The van der Waals surface area contributed by atoms with E-state index in [-0.39, 0.29) is 0 Å². The van der Waals surface area contributed by atoms with E-state index in [1.807, 2.05) is 0 Å². The van der Waals surface area contributed by atoms with Crippen molar-refractivity contribution in [3.63, 3.8) is 0 Å². The minimum atomic E-state index is 0.591. The molecule has 0 aliphatic heterocycles. The van der Waals surface area contributed by atoms with E-state index in [0.29, 0.717) is 18.0 Å². The van der Waals surface area contributed by atoms with Crippen molar-refractivity contribution in [2.45, 2.75) is 40.2 Å². The molecule has 0 spiro atoms. The van der Waals surface area contributed by atoms with Gasteiger partial charge in [0.1, 0.15) is 5.52 Å². The number of aryl methyl sites for hydroxylation is 2. The monoisotopic (exact) mass is 270 g/mol. The molecular weight excluding hydrogens is 252 g/mol. The maximum Gasteiger partial charge on any atom is 0.102 e. The molecule has 0 aliphatic rings. The number of hydrogen-bond donors (Lipinski definition) is 0. The van der Waals surface area contributed by atoms with Gasteiger partial charge in [-0.2, -0.15) is 0 Å². The van der Waals surface area contributed by atoms with Crippen molar-refractivity contribution in [3.05, 3.63) is 34.4 Å². The van der Waals surface area contributed by atoms with Crippen molar-refractivity contribution in [1.29, 1.82) is 0 Å². The fourth-order valence-electron chi connectivity index (χ4n) is 1.73. The summed E-state index contributed by atoms with van der Waals surface area (Å²) in [6.07, 6.45) is 0. The molecule has 84 valence electrons. The van der Waals surface area contributed by atoms with E-state index in [1.165, 1.54) is 22.3 Å². The van der Waals surface area contributed by atoms with Crippen LogP contribution in [0.1, 0.15) is 42.0 Å². The average Bonchev–Trinajstić information content (AvgIpc) is 2.16. The Hall–Kier alpha value is -0.340. The second-order valence-corrected chi connectivity index (χ2v) is 4.70. The summed E-state index contributed by atoms with van der Waals surface area (Å²) in [6, 6.07) is 4.54. The van der Waals surface area contributed by atoms with Crippen molar-refractivity contribution in [1.82, 2.24) is 0 Å². The van der Waals surface area contributed by atoms with Gasteiger partial charge in [0.25, 0.3) is 0 Å². The molecule has 0 amide bonds. The molecule has 0 saturated carbocycles. The molecule has 1 nitrogen and oxygen atoms in total. The van der Waals surface area contributed by atoms with Crippen LogP contribution in [0, 0.1) is 13.8 Å². The minimum Gasteiger partial charge on any atom is -0.366 e. The van der Waals surface area contributed by atoms with E-state index in [1.54, 1.807) is 0 Å². The molecule has 0 fully saturated rings. The van der Waals surface area contributed by atoms with Crippen LogP contribution in [0.15, 0.2) is 12.1 Å². The van der Waals surface area contributed by atoms with Crippen LogP contribution >= 0.6 is 15.9 Å². The highest BCUT2D eigenvalue weighted by Gasteiger charge is 2.07. The highest BCUT2D eigenvalue weighted by molar-refractivity contribution is 9.09. The predicted molar refractivity (Wildman–Crippen MR) is 68.6 cm³/mol. The average molecular weight is 271 g/mol. The van der Waals surface area contributed by atoms with Crippen LogP contribution in [0.2, 0.25) is 0 Å². The zero-order chi connectivity index (χ0) is 11.4. The molecule has 0 atom stereocenters. The quantitative estimate of drug-likeness (QED) is 0.742. The van der Waals surface area contributed by atoms with E-state index in [0.717, 1.165) is 0 Å². The second kappa shape index (κ2) is 5.66. The highest BCUT2D eigenvalue weighted by atomic mass is 79.9. The molecule has 0 unspecified atom stereocenters. The molecule has 0 heterocycles. The summed E-state index contributed by atoms with van der Waals surface area (Å²) in [6.45, 7) is 9.46. The summed E-state index contributed by atoms with van der Waals surface area (Å²) in [4.78, 5) is 0. The lowest BCUT2D eigenvalue weighted by Gasteiger charge is -2.14. The zero-order valence-corrected chi connectivity index (χ0v) is 11.5. The predicted octanol–water partition coefficient (Wildman–Crippen LogP) is 4.30. The third-order valence-corrected chi connectivity index (χ3v) is 3.03. The lowest BCUT2D eigenvalue weighted by Crippen LogP contribution is -2.00. The van der Waals surface area contributed by atoms with Gasteiger partial charge in [0, 0.05) is 0 Å². The Kier molecular flexibility index (Phi) is 4.81. The van der Waals surface area contributed by atoms with Crippen molar-refractivity contribution < 1.29 is 4.74 Å². The Bertz CT molecular complexity index is 308. The number of halogens is 1. The number of rotatable bonds is 4. The van der Waals surface area contributed by atoms with E-state index in [2.05, 4.69) is 55.8 Å². The van der Waals surface area contributed by atoms with Crippen molar-refractivity contribution >= 4 is 15.9 Å². The van der Waals surface area contributed by atoms with Gasteiger partial charge in [0.05, 0.1) is 6.61 Å². The summed E-state index contributed by atoms with van der Waals surface area (Å²) in [5.41, 5.74) is 5.99. The molecule has 0 N–H and O–H groups in total. The van der Waals surface area contributed by atoms with Crippen molar-refractivity contribution in [2.75, 3.05) is 5.52 Å². The van der Waals surface area contributed by atoms with Gasteiger partial charge in [-0.05, 0) is 42.0 Å². The van der Waals surface area contributed by atoms with Crippen LogP contribution in [-0.4, -0.2) is 5.52 Å². The van der Waals surface area contributed by atoms with Gasteiger partial charge in [0.2, 0.25) is 0 Å². The van der Waals surface area contributed by atoms with E-state index < -0.39 is 0 Å². The fraction of sp³-hybridized carbons (Fsp3) is 0.538. The number of benzene rings is 1. The summed E-state index contributed by atoms with van der Waals surface area (Å²) in [7, 11) is 0. The zero-order valence-electron chi connectivity index (χ0n) is 9.93. The Balaban J connectivity index is 2.99. The van der Waals surface area contributed by atoms with Gasteiger partial charge in [-0.25, -0.2) is 0 Å². The summed E-state index contributed by atoms with van der Waals surface area (Å²) < 4.78 is 5.40. The van der Waals surface area contributed by atoms with Gasteiger partial charge in [0.15, 0.2) is 0 Å². The third kappa shape index (κ3) is 3.32. The Morgan fingerprint density at radius 2 is 1.73 bits per heavy atom. The van der Waals surface area contributed by atoms with Crippen LogP contribution in [0.3, 0.4) is 0 Å². The Labute approximate surface area is 101 Å². The normalized spacial score (nSPS) is 11.1. The molecule has 0 bridgehead atoms. The number of hydrogen-bond acceptors (Lipinski definition) is 1. The largest absolute Gasteiger partial charge is 0.366 e. The molecule has 0 aromatic heterocycles. The maximum absolute atomic E-state index is 5.40. The molecule has 0 aliphatic carbocycles. The molecule has 1 aromatic carbocycles. The van der Waals surface area contributed by atoms with Crippen LogP contribution in [0.25, 0.3) is 0 Å². The summed E-state index contributed by atoms with van der Waals surface area (Å²) >= 11 is 3.27. The van der Waals surface area contributed by atoms with Crippen LogP contribution < -0.4 is 0 Å². The first-order chi connectivity index (χ1) is 7.06. The highest BCUT2D eigenvalue weighted by Crippen LogP contribution is 2.22. The number of alkyl halides is 1. The standard InChI is InChI=1S/C13H19BrO/c1-9(2)12-5-10(3)13(7-15-8-14)11(4)6-12/h5-6,9H,7-8H2,1-4H3. The second-order valence-electron chi connectivity index (χ2n) is 4.25. The van der Waals surface area contributed by atoms with E-state index in [4.69, 9.17) is 4.74 Å². The minimum absolute atomic E-state index is 0.591. The maximum atomic E-state index is 5.40. The molecular formula is C13H19BrO. The van der Waals surface area contributed by atoms with E-state index in [9.17, 15) is 0 Å². The lowest BCUT2D eigenvalue weighted by atomic mass is 9.94. The van der Waals surface area contributed by atoms with Crippen molar-refractivity contribution in [3.8, 4) is 0 Å². The first kappa shape index (κ1) is 12.7. The Morgan fingerprint density at radius 3 is 2.13 bits per heavy atom. The van der Waals surface area contributed by atoms with Gasteiger partial charge in [-0.3, -0.25) is 0 Å². The van der Waals surface area contributed by atoms with Crippen LogP contribution in [0.5, 0.6) is 0 Å². The van der Waals surface area contributed by atoms with Gasteiger partial charge in [-0.15, -0.1) is 0 Å². The van der Waals surface area contributed by atoms with Gasteiger partial charge >= 0.3 is 0 Å². The van der Waals surface area contributed by atoms with Crippen molar-refractivity contribution in [2.24, 2.45) is 0 Å². The molecule has 1 aromatic rings. The van der Waals surface area contributed by atoms with E-state index >= 15 is 0 Å². The third-order valence-electron chi connectivity index (χ3n) is 2.71. The fourth-order valence-corrected chi connectivity index (χ4v) is 1.89. The summed E-state index contributed by atoms with van der Waals surface area (Å²) in [5, 5.41) is 0. The van der Waals surface area contributed by atoms with Crippen LogP contribution in [0.4, 0.5) is 0 Å². The first-order valence-electron chi connectivity index (χ1n) is 5.30.